The normalized spacial score (nSPS) is 17.0. The first kappa shape index (κ1) is 17.6. The van der Waals surface area contributed by atoms with E-state index in [0.29, 0.717) is 6.42 Å². The first-order valence-electron chi connectivity index (χ1n) is 8.07. The van der Waals surface area contributed by atoms with E-state index in [4.69, 9.17) is 10.5 Å². The fourth-order valence-corrected chi connectivity index (χ4v) is 2.89. The molecule has 0 aromatic heterocycles. The lowest BCUT2D eigenvalue weighted by molar-refractivity contribution is -0.157. The molecule has 26 heavy (non-hydrogen) atoms. The average Bonchev–Trinajstić information content (AvgIpc) is 2.61. The topological polar surface area (TPSA) is 98.5 Å². The zero-order chi connectivity index (χ0) is 18.7. The summed E-state index contributed by atoms with van der Waals surface area (Å²) >= 11 is 0. The third-order valence-corrected chi connectivity index (χ3v) is 4.21. The Bertz CT molecular complexity index is 851. The molecule has 0 saturated heterocycles. The van der Waals surface area contributed by atoms with Crippen molar-refractivity contribution in [2.45, 2.75) is 18.9 Å². The molecular weight excluding hydrogens is 339 g/mol. The smallest absolute Gasteiger partial charge is 0.307 e. The average molecular weight is 356 g/mol. The molecule has 0 bridgehead atoms. The number of halogens is 1. The maximum atomic E-state index is 13.0. The van der Waals surface area contributed by atoms with Crippen LogP contribution in [0.3, 0.4) is 0 Å². The standard InChI is InChI=1S/C19H17FN2O4/c20-14-7-5-11(6-8-14)17(18(21)24)26-16(23)10-13-9-12-3-1-2-4-15(12)22-19(13)25/h1-8,13,17H,9-10H2,(H2,21,24)(H,22,25). The second kappa shape index (κ2) is 7.35. The molecule has 0 saturated carbocycles. The number of amides is 2. The Kier molecular flexibility index (Phi) is 4.97. The molecule has 1 aliphatic heterocycles. The summed E-state index contributed by atoms with van der Waals surface area (Å²) in [6.45, 7) is 0. The van der Waals surface area contributed by atoms with Crippen molar-refractivity contribution < 1.29 is 23.5 Å². The molecule has 1 aliphatic rings. The third-order valence-electron chi connectivity index (χ3n) is 4.21. The lowest BCUT2D eigenvalue weighted by atomic mass is 9.91. The molecule has 0 aliphatic carbocycles. The van der Waals surface area contributed by atoms with Crippen LogP contribution in [0.2, 0.25) is 0 Å². The van der Waals surface area contributed by atoms with E-state index in [1.54, 1.807) is 6.07 Å². The first-order valence-corrected chi connectivity index (χ1v) is 8.07. The number of hydrogen-bond acceptors (Lipinski definition) is 4. The number of ether oxygens (including phenoxy) is 1. The predicted octanol–water partition coefficient (Wildman–Crippen LogP) is 2.10. The van der Waals surface area contributed by atoms with Crippen LogP contribution >= 0.6 is 0 Å². The second-order valence-corrected chi connectivity index (χ2v) is 6.08. The Balaban J connectivity index is 1.68. The summed E-state index contributed by atoms with van der Waals surface area (Å²) in [5.41, 5.74) is 7.21. The monoisotopic (exact) mass is 356 g/mol. The van der Waals surface area contributed by atoms with E-state index in [1.165, 1.54) is 12.1 Å². The minimum atomic E-state index is -1.33. The molecule has 2 atom stereocenters. The zero-order valence-corrected chi connectivity index (χ0v) is 13.8. The van der Waals surface area contributed by atoms with Crippen molar-refractivity contribution in [1.82, 2.24) is 0 Å². The summed E-state index contributed by atoms with van der Waals surface area (Å²) in [5, 5.41) is 2.75. The molecule has 134 valence electrons. The predicted molar refractivity (Wildman–Crippen MR) is 91.3 cm³/mol. The molecule has 0 spiro atoms. The Morgan fingerprint density at radius 1 is 1.19 bits per heavy atom. The number of fused-ring (bicyclic) bond motifs is 1. The van der Waals surface area contributed by atoms with Gasteiger partial charge in [0.1, 0.15) is 5.82 Å². The number of rotatable bonds is 5. The minimum absolute atomic E-state index is 0.189. The van der Waals surface area contributed by atoms with Crippen LogP contribution in [0.1, 0.15) is 23.7 Å². The fourth-order valence-electron chi connectivity index (χ4n) is 2.89. The maximum Gasteiger partial charge on any atom is 0.307 e. The highest BCUT2D eigenvalue weighted by atomic mass is 19.1. The van der Waals surface area contributed by atoms with E-state index in [2.05, 4.69) is 5.32 Å². The molecule has 2 aromatic carbocycles. The van der Waals surface area contributed by atoms with Crippen LogP contribution in [-0.4, -0.2) is 17.8 Å². The van der Waals surface area contributed by atoms with Crippen LogP contribution in [0.5, 0.6) is 0 Å². The summed E-state index contributed by atoms with van der Waals surface area (Å²) in [5.74, 6) is -2.96. The Morgan fingerprint density at radius 2 is 1.88 bits per heavy atom. The fraction of sp³-hybridized carbons (Fsp3) is 0.211. The van der Waals surface area contributed by atoms with Crippen molar-refractivity contribution in [3.63, 3.8) is 0 Å². The lowest BCUT2D eigenvalue weighted by Gasteiger charge is -2.24. The van der Waals surface area contributed by atoms with Gasteiger partial charge in [0.2, 0.25) is 12.0 Å². The van der Waals surface area contributed by atoms with E-state index in [9.17, 15) is 18.8 Å². The van der Waals surface area contributed by atoms with Crippen molar-refractivity contribution in [3.8, 4) is 0 Å². The number of carbonyl (C=O) groups is 3. The summed E-state index contributed by atoms with van der Waals surface area (Å²) in [6.07, 6.45) is -1.12. The number of esters is 1. The molecular formula is C19H17FN2O4. The van der Waals surface area contributed by atoms with Gasteiger partial charge in [0.05, 0.1) is 12.3 Å². The van der Waals surface area contributed by atoms with Crippen molar-refractivity contribution in [2.24, 2.45) is 11.7 Å². The Labute approximate surface area is 149 Å². The number of carbonyl (C=O) groups excluding carboxylic acids is 3. The van der Waals surface area contributed by atoms with Crippen LogP contribution in [0.4, 0.5) is 10.1 Å². The van der Waals surface area contributed by atoms with Gasteiger partial charge in [-0.2, -0.15) is 0 Å². The van der Waals surface area contributed by atoms with Crippen LogP contribution in [0.25, 0.3) is 0 Å². The molecule has 0 radical (unpaired) electrons. The molecule has 2 amide bonds. The number of nitrogens with two attached hydrogens (primary N) is 1. The highest BCUT2D eigenvalue weighted by Crippen LogP contribution is 2.28. The molecule has 2 aromatic rings. The molecule has 6 nitrogen and oxygen atoms in total. The van der Waals surface area contributed by atoms with Crippen LogP contribution in [0.15, 0.2) is 48.5 Å². The van der Waals surface area contributed by atoms with E-state index in [1.807, 2.05) is 18.2 Å². The van der Waals surface area contributed by atoms with Gasteiger partial charge in [0, 0.05) is 11.3 Å². The highest BCUT2D eigenvalue weighted by Gasteiger charge is 2.30. The van der Waals surface area contributed by atoms with Gasteiger partial charge in [0.25, 0.3) is 5.91 Å². The summed E-state index contributed by atoms with van der Waals surface area (Å²) in [6, 6.07) is 12.3. The quantitative estimate of drug-likeness (QED) is 0.802. The molecule has 1 heterocycles. The maximum absolute atomic E-state index is 13.0. The van der Waals surface area contributed by atoms with Gasteiger partial charge in [-0.25, -0.2) is 4.39 Å². The van der Waals surface area contributed by atoms with Crippen LogP contribution < -0.4 is 11.1 Å². The van der Waals surface area contributed by atoms with Crippen molar-refractivity contribution in [2.75, 3.05) is 5.32 Å². The summed E-state index contributed by atoms with van der Waals surface area (Å²) in [4.78, 5) is 36.0. The van der Waals surface area contributed by atoms with Gasteiger partial charge in [-0.1, -0.05) is 30.3 Å². The van der Waals surface area contributed by atoms with Crippen molar-refractivity contribution in [3.05, 3.63) is 65.5 Å². The van der Waals surface area contributed by atoms with E-state index >= 15 is 0 Å². The van der Waals surface area contributed by atoms with E-state index in [-0.39, 0.29) is 17.9 Å². The third kappa shape index (κ3) is 3.88. The van der Waals surface area contributed by atoms with Gasteiger partial charge >= 0.3 is 5.97 Å². The second-order valence-electron chi connectivity index (χ2n) is 6.08. The SMILES string of the molecule is NC(=O)C(OC(=O)CC1Cc2ccccc2NC1=O)c1ccc(F)cc1. The van der Waals surface area contributed by atoms with Crippen molar-refractivity contribution in [1.29, 1.82) is 0 Å². The number of anilines is 1. The van der Waals surface area contributed by atoms with E-state index < -0.39 is 29.7 Å². The number of primary amides is 1. The van der Waals surface area contributed by atoms with E-state index in [0.717, 1.165) is 23.4 Å². The number of para-hydroxylation sites is 1. The number of hydrogen-bond donors (Lipinski definition) is 2. The van der Waals surface area contributed by atoms with Gasteiger partial charge in [-0.05, 0) is 30.2 Å². The Morgan fingerprint density at radius 3 is 2.58 bits per heavy atom. The lowest BCUT2D eigenvalue weighted by Crippen LogP contribution is -2.33. The number of nitrogens with one attached hydrogen (secondary N) is 1. The van der Waals surface area contributed by atoms with Gasteiger partial charge in [-0.3, -0.25) is 14.4 Å². The zero-order valence-electron chi connectivity index (χ0n) is 13.8. The largest absolute Gasteiger partial charge is 0.447 e. The van der Waals surface area contributed by atoms with Crippen LogP contribution in [0, 0.1) is 11.7 Å². The highest BCUT2D eigenvalue weighted by molar-refractivity contribution is 5.97. The van der Waals surface area contributed by atoms with Crippen molar-refractivity contribution >= 4 is 23.5 Å². The molecule has 0 fully saturated rings. The molecule has 3 rings (SSSR count). The van der Waals surface area contributed by atoms with Gasteiger partial charge in [-0.15, -0.1) is 0 Å². The summed E-state index contributed by atoms with van der Waals surface area (Å²) < 4.78 is 18.2. The van der Waals surface area contributed by atoms with Gasteiger partial charge in [0.15, 0.2) is 0 Å². The first-order chi connectivity index (χ1) is 12.4. The molecule has 7 heteroatoms. The van der Waals surface area contributed by atoms with Crippen LogP contribution in [-0.2, 0) is 25.5 Å². The van der Waals surface area contributed by atoms with Gasteiger partial charge < -0.3 is 15.8 Å². The number of benzene rings is 2. The Hall–Kier alpha value is -3.22. The summed E-state index contributed by atoms with van der Waals surface area (Å²) in [7, 11) is 0. The molecule has 3 N–H and O–H groups in total. The minimum Gasteiger partial charge on any atom is -0.447 e. The molecule has 2 unspecified atom stereocenters.